The first-order valence-electron chi connectivity index (χ1n) is 6.79. The minimum absolute atomic E-state index is 0.362. The van der Waals surface area contributed by atoms with E-state index >= 15 is 0 Å². The van der Waals surface area contributed by atoms with Crippen LogP contribution in [0, 0.1) is 22.7 Å². The Hall–Kier alpha value is -2.95. The Morgan fingerprint density at radius 2 is 1.70 bits per heavy atom. The van der Waals surface area contributed by atoms with E-state index < -0.39 is 0 Å². The molecule has 0 unspecified atom stereocenters. The topological polar surface area (TPSA) is 66.0 Å². The van der Waals surface area contributed by atoms with Gasteiger partial charge < -0.3 is 9.47 Å². The highest BCUT2D eigenvalue weighted by Gasteiger charge is 2.04. The van der Waals surface area contributed by atoms with Gasteiger partial charge in [-0.25, -0.2) is 0 Å². The maximum absolute atomic E-state index is 8.98. The molecular weight excluding hydrogens is 312 g/mol. The van der Waals surface area contributed by atoms with Gasteiger partial charge >= 0.3 is 0 Å². The van der Waals surface area contributed by atoms with E-state index in [9.17, 15) is 0 Å². The van der Waals surface area contributed by atoms with E-state index in [2.05, 4.69) is 0 Å². The Kier molecular flexibility index (Phi) is 5.63. The van der Waals surface area contributed by atoms with E-state index in [1.807, 2.05) is 12.1 Å². The van der Waals surface area contributed by atoms with Crippen molar-refractivity contribution in [2.24, 2.45) is 0 Å². The van der Waals surface area contributed by atoms with E-state index in [-0.39, 0.29) is 0 Å². The van der Waals surface area contributed by atoms with Gasteiger partial charge in [0, 0.05) is 11.1 Å². The minimum Gasteiger partial charge on any atom is -0.489 e. The summed E-state index contributed by atoms with van der Waals surface area (Å²) in [7, 11) is 0. The number of halogens is 1. The molecule has 2 aromatic rings. The first kappa shape index (κ1) is 16.4. The minimum atomic E-state index is 0.362. The molecule has 0 aromatic heterocycles. The zero-order chi connectivity index (χ0) is 16.7. The maximum Gasteiger partial charge on any atom is 0.131 e. The number of nitriles is 2. The van der Waals surface area contributed by atoms with Crippen LogP contribution >= 0.6 is 11.6 Å². The largest absolute Gasteiger partial charge is 0.489 e. The number of benzene rings is 2. The molecule has 0 spiro atoms. The summed E-state index contributed by atoms with van der Waals surface area (Å²) < 4.78 is 11.2. The fourth-order valence-electron chi connectivity index (χ4n) is 1.80. The molecule has 0 N–H and O–H groups in total. The SMILES string of the molecule is C/C(Cl)=C/COc1cccc(Oc2cc(C#N)cc(C#N)c2)c1. The van der Waals surface area contributed by atoms with Crippen molar-refractivity contribution in [3.63, 3.8) is 0 Å². The lowest BCUT2D eigenvalue weighted by atomic mass is 10.1. The fraction of sp³-hybridized carbons (Fsp3) is 0.111. The molecule has 0 radical (unpaired) electrons. The van der Waals surface area contributed by atoms with E-state index in [1.54, 1.807) is 49.4 Å². The van der Waals surface area contributed by atoms with Gasteiger partial charge in [0.1, 0.15) is 23.9 Å². The van der Waals surface area contributed by atoms with Gasteiger partial charge in [-0.3, -0.25) is 0 Å². The number of hydrogen-bond acceptors (Lipinski definition) is 4. The van der Waals surface area contributed by atoms with Crippen LogP contribution in [0.5, 0.6) is 17.2 Å². The zero-order valence-electron chi connectivity index (χ0n) is 12.4. The molecule has 4 nitrogen and oxygen atoms in total. The second kappa shape index (κ2) is 7.89. The van der Waals surface area contributed by atoms with Crippen molar-refractivity contribution in [1.29, 1.82) is 10.5 Å². The lowest BCUT2D eigenvalue weighted by molar-refractivity contribution is 0.359. The molecule has 0 bridgehead atoms. The molecule has 0 aliphatic heterocycles. The van der Waals surface area contributed by atoms with Crippen LogP contribution in [0.15, 0.2) is 53.6 Å². The monoisotopic (exact) mass is 324 g/mol. The van der Waals surface area contributed by atoms with Crippen LogP contribution in [0.1, 0.15) is 18.1 Å². The van der Waals surface area contributed by atoms with Gasteiger partial charge in [-0.15, -0.1) is 0 Å². The zero-order valence-corrected chi connectivity index (χ0v) is 13.2. The predicted octanol–water partition coefficient (Wildman–Crippen LogP) is 4.74. The van der Waals surface area contributed by atoms with Crippen molar-refractivity contribution in [1.82, 2.24) is 0 Å². The van der Waals surface area contributed by atoms with Crippen LogP contribution in [0.25, 0.3) is 0 Å². The first-order chi connectivity index (χ1) is 11.1. The van der Waals surface area contributed by atoms with Crippen LogP contribution < -0.4 is 9.47 Å². The van der Waals surface area contributed by atoms with E-state index in [4.69, 9.17) is 31.6 Å². The van der Waals surface area contributed by atoms with Gasteiger partial charge in [-0.2, -0.15) is 10.5 Å². The summed E-state index contributed by atoms with van der Waals surface area (Å²) in [5.41, 5.74) is 0.739. The van der Waals surface area contributed by atoms with Gasteiger partial charge in [0.2, 0.25) is 0 Å². The standard InChI is InChI=1S/C18H13ClN2O2/c1-13(19)5-6-22-16-3-2-4-17(10-16)23-18-8-14(11-20)7-15(9-18)12-21/h2-5,7-10H,6H2,1H3/b13-5-. The second-order valence-corrected chi connectivity index (χ2v) is 5.24. The summed E-state index contributed by atoms with van der Waals surface area (Å²) >= 11 is 5.74. The fourth-order valence-corrected chi connectivity index (χ4v) is 1.87. The average Bonchev–Trinajstić information content (AvgIpc) is 2.54. The molecule has 0 atom stereocenters. The highest BCUT2D eigenvalue weighted by Crippen LogP contribution is 2.27. The normalized spacial score (nSPS) is 10.5. The molecule has 23 heavy (non-hydrogen) atoms. The van der Waals surface area contributed by atoms with E-state index in [0.29, 0.717) is 40.0 Å². The third-order valence-electron chi connectivity index (χ3n) is 2.82. The van der Waals surface area contributed by atoms with Gasteiger partial charge in [0.25, 0.3) is 0 Å². The maximum atomic E-state index is 8.98. The molecule has 0 fully saturated rings. The van der Waals surface area contributed by atoms with Gasteiger partial charge in [-0.05, 0) is 43.3 Å². The molecule has 114 valence electrons. The number of ether oxygens (including phenoxy) is 2. The Morgan fingerprint density at radius 3 is 2.30 bits per heavy atom. The van der Waals surface area contributed by atoms with Crippen molar-refractivity contribution in [2.75, 3.05) is 6.61 Å². The van der Waals surface area contributed by atoms with Crippen LogP contribution in [-0.2, 0) is 0 Å². The van der Waals surface area contributed by atoms with Gasteiger partial charge in [0.15, 0.2) is 0 Å². The molecule has 0 aliphatic rings. The first-order valence-corrected chi connectivity index (χ1v) is 7.17. The lowest BCUT2D eigenvalue weighted by Crippen LogP contribution is -1.94. The average molecular weight is 325 g/mol. The summed E-state index contributed by atoms with van der Waals surface area (Å²) in [6.45, 7) is 2.14. The van der Waals surface area contributed by atoms with Crippen molar-refractivity contribution >= 4 is 11.6 Å². The molecule has 0 heterocycles. The molecule has 2 rings (SSSR count). The van der Waals surface area contributed by atoms with Crippen molar-refractivity contribution in [2.45, 2.75) is 6.92 Å². The summed E-state index contributed by atoms with van der Waals surface area (Å²) in [5, 5.41) is 18.6. The summed E-state index contributed by atoms with van der Waals surface area (Å²) in [6.07, 6.45) is 1.75. The highest BCUT2D eigenvalue weighted by atomic mass is 35.5. The molecule has 0 saturated carbocycles. The van der Waals surface area contributed by atoms with Gasteiger partial charge in [0.05, 0.1) is 23.3 Å². The number of allylic oxidation sites excluding steroid dienone is 1. The Balaban J connectivity index is 2.16. The summed E-state index contributed by atoms with van der Waals surface area (Å²) in [6, 6.07) is 15.8. The van der Waals surface area contributed by atoms with Crippen molar-refractivity contribution in [3.8, 4) is 29.4 Å². The van der Waals surface area contributed by atoms with Crippen LogP contribution in [0.2, 0.25) is 0 Å². The number of hydrogen-bond donors (Lipinski definition) is 0. The van der Waals surface area contributed by atoms with Crippen molar-refractivity contribution in [3.05, 3.63) is 64.7 Å². The number of rotatable bonds is 5. The summed E-state index contributed by atoms with van der Waals surface area (Å²) in [5.74, 6) is 1.61. The van der Waals surface area contributed by atoms with E-state index in [1.165, 1.54) is 6.07 Å². The quantitative estimate of drug-likeness (QED) is 0.796. The molecule has 0 aliphatic carbocycles. The predicted molar refractivity (Wildman–Crippen MR) is 87.5 cm³/mol. The third kappa shape index (κ3) is 5.07. The van der Waals surface area contributed by atoms with Crippen LogP contribution in [0.4, 0.5) is 0 Å². The third-order valence-corrected chi connectivity index (χ3v) is 2.97. The summed E-state index contributed by atoms with van der Waals surface area (Å²) in [4.78, 5) is 0. The Morgan fingerprint density at radius 1 is 1.04 bits per heavy atom. The van der Waals surface area contributed by atoms with Crippen LogP contribution in [-0.4, -0.2) is 6.61 Å². The van der Waals surface area contributed by atoms with E-state index in [0.717, 1.165) is 0 Å². The molecule has 5 heteroatoms. The Bertz CT molecular complexity index is 780. The molecule has 0 amide bonds. The number of nitrogens with zero attached hydrogens (tertiary/aromatic N) is 2. The molecular formula is C18H13ClN2O2. The molecule has 0 saturated heterocycles. The molecule has 2 aromatic carbocycles. The van der Waals surface area contributed by atoms with Gasteiger partial charge in [-0.1, -0.05) is 17.7 Å². The highest BCUT2D eigenvalue weighted by molar-refractivity contribution is 6.29. The Labute approximate surface area is 139 Å². The van der Waals surface area contributed by atoms with Crippen molar-refractivity contribution < 1.29 is 9.47 Å². The second-order valence-electron chi connectivity index (χ2n) is 4.65. The van der Waals surface area contributed by atoms with Crippen LogP contribution in [0.3, 0.4) is 0 Å². The lowest BCUT2D eigenvalue weighted by Gasteiger charge is -2.09. The smallest absolute Gasteiger partial charge is 0.131 e.